The maximum Gasteiger partial charge on any atom is 0.225 e. The predicted molar refractivity (Wildman–Crippen MR) is 82.0 cm³/mol. The van der Waals surface area contributed by atoms with Crippen LogP contribution in [-0.4, -0.2) is 49.7 Å². The van der Waals surface area contributed by atoms with Gasteiger partial charge in [0.1, 0.15) is 5.76 Å². The van der Waals surface area contributed by atoms with Gasteiger partial charge >= 0.3 is 0 Å². The summed E-state index contributed by atoms with van der Waals surface area (Å²) in [6, 6.07) is 3.55. The van der Waals surface area contributed by atoms with Crippen LogP contribution in [0.1, 0.15) is 18.6 Å². The minimum atomic E-state index is -2.93. The van der Waals surface area contributed by atoms with E-state index in [0.29, 0.717) is 31.8 Å². The minimum Gasteiger partial charge on any atom is -0.467 e. The largest absolute Gasteiger partial charge is 0.467 e. The number of carbonyl (C=O) groups excluding carboxylic acids is 2. The molecule has 8 heteroatoms. The zero-order chi connectivity index (χ0) is 16.4. The number of rotatable bonds is 5. The first kappa shape index (κ1) is 16.0. The highest BCUT2D eigenvalue weighted by Crippen LogP contribution is 2.21. The third-order valence-corrected chi connectivity index (χ3v) is 6.24. The monoisotopic (exact) mass is 340 g/mol. The Bertz CT molecular complexity index is 683. The third-order valence-electron chi connectivity index (χ3n) is 4.40. The highest BCUT2D eigenvalue weighted by Gasteiger charge is 2.35. The number of sulfone groups is 1. The van der Waals surface area contributed by atoms with Gasteiger partial charge in [-0.3, -0.25) is 9.59 Å². The molecule has 0 radical (unpaired) electrons. The summed E-state index contributed by atoms with van der Waals surface area (Å²) in [7, 11) is -2.93. The molecule has 23 heavy (non-hydrogen) atoms. The van der Waals surface area contributed by atoms with Gasteiger partial charge in [-0.25, -0.2) is 8.42 Å². The number of amides is 2. The van der Waals surface area contributed by atoms with Gasteiger partial charge in [0.15, 0.2) is 9.84 Å². The predicted octanol–water partition coefficient (Wildman–Crippen LogP) is 0.179. The van der Waals surface area contributed by atoms with Gasteiger partial charge < -0.3 is 14.6 Å². The fraction of sp³-hybridized carbons (Fsp3) is 0.600. The van der Waals surface area contributed by atoms with Gasteiger partial charge in [0.05, 0.1) is 30.2 Å². The normalized spacial score (nSPS) is 26.6. The zero-order valence-corrected chi connectivity index (χ0v) is 13.5. The van der Waals surface area contributed by atoms with Crippen LogP contribution < -0.4 is 5.32 Å². The van der Waals surface area contributed by atoms with Crippen molar-refractivity contribution in [2.75, 3.05) is 24.6 Å². The van der Waals surface area contributed by atoms with E-state index in [4.69, 9.17) is 4.42 Å². The molecule has 1 aromatic heterocycles. The summed E-state index contributed by atoms with van der Waals surface area (Å²) in [5.74, 6) is 0.398. The molecule has 2 aliphatic rings. The van der Waals surface area contributed by atoms with Gasteiger partial charge in [-0.15, -0.1) is 0 Å². The van der Waals surface area contributed by atoms with Crippen LogP contribution in [0, 0.1) is 11.8 Å². The van der Waals surface area contributed by atoms with Crippen LogP contribution in [0.15, 0.2) is 22.8 Å². The van der Waals surface area contributed by atoms with Crippen molar-refractivity contribution in [3.8, 4) is 0 Å². The lowest BCUT2D eigenvalue weighted by atomic mass is 10.1. The topological polar surface area (TPSA) is 96.7 Å². The number of hydrogen-bond donors (Lipinski definition) is 1. The van der Waals surface area contributed by atoms with Crippen LogP contribution in [0.2, 0.25) is 0 Å². The molecule has 2 fully saturated rings. The van der Waals surface area contributed by atoms with Crippen LogP contribution in [0.5, 0.6) is 0 Å². The van der Waals surface area contributed by atoms with E-state index in [1.54, 1.807) is 23.3 Å². The Balaban J connectivity index is 1.48. The number of hydrogen-bond acceptors (Lipinski definition) is 5. The van der Waals surface area contributed by atoms with Gasteiger partial charge in [-0.2, -0.15) is 0 Å². The number of nitrogens with one attached hydrogen (secondary N) is 1. The van der Waals surface area contributed by atoms with Crippen LogP contribution in [0.4, 0.5) is 0 Å². The first-order valence-electron chi connectivity index (χ1n) is 7.71. The lowest BCUT2D eigenvalue weighted by molar-refractivity contribution is -0.129. The Morgan fingerprint density at radius 1 is 1.43 bits per heavy atom. The number of nitrogens with zero attached hydrogens (tertiary/aromatic N) is 1. The smallest absolute Gasteiger partial charge is 0.225 e. The summed E-state index contributed by atoms with van der Waals surface area (Å²) < 4.78 is 28.0. The van der Waals surface area contributed by atoms with Crippen LogP contribution in [0.3, 0.4) is 0 Å². The van der Waals surface area contributed by atoms with E-state index in [2.05, 4.69) is 5.32 Å². The van der Waals surface area contributed by atoms with E-state index < -0.39 is 9.84 Å². The van der Waals surface area contributed by atoms with E-state index in [9.17, 15) is 18.0 Å². The molecule has 1 aromatic rings. The summed E-state index contributed by atoms with van der Waals surface area (Å²) in [6.45, 7) is 1.10. The molecule has 0 saturated carbocycles. The van der Waals surface area contributed by atoms with Gasteiger partial charge in [-0.05, 0) is 24.5 Å². The van der Waals surface area contributed by atoms with Crippen LogP contribution in [-0.2, 0) is 26.0 Å². The SMILES string of the molecule is O=C(NCC1CCS(=O)(=O)C1)C1CC(=O)N(Cc2ccco2)C1. The standard InChI is InChI=1S/C15H20N2O5S/c18-14-6-12(8-17(14)9-13-2-1-4-22-13)15(19)16-7-11-3-5-23(20,21)10-11/h1-2,4,11-12H,3,5-10H2,(H,16,19). The lowest BCUT2D eigenvalue weighted by Crippen LogP contribution is -2.36. The van der Waals surface area contributed by atoms with E-state index in [-0.39, 0.29) is 41.6 Å². The first-order chi connectivity index (χ1) is 10.9. The molecule has 0 spiro atoms. The van der Waals surface area contributed by atoms with Crippen molar-refractivity contribution in [1.82, 2.24) is 10.2 Å². The molecular formula is C15H20N2O5S. The molecule has 2 aliphatic heterocycles. The summed E-state index contributed by atoms with van der Waals surface area (Å²) in [5, 5.41) is 2.80. The van der Waals surface area contributed by atoms with Crippen molar-refractivity contribution in [2.24, 2.45) is 11.8 Å². The van der Waals surface area contributed by atoms with Crippen LogP contribution in [0.25, 0.3) is 0 Å². The third kappa shape index (κ3) is 3.93. The molecule has 7 nitrogen and oxygen atoms in total. The second kappa shape index (κ2) is 6.35. The highest BCUT2D eigenvalue weighted by molar-refractivity contribution is 7.91. The summed E-state index contributed by atoms with van der Waals surface area (Å²) in [5.41, 5.74) is 0. The average Bonchev–Trinajstić information content (AvgIpc) is 3.19. The number of furan rings is 1. The molecule has 2 atom stereocenters. The van der Waals surface area contributed by atoms with Crippen molar-refractivity contribution in [3.05, 3.63) is 24.2 Å². The Hall–Kier alpha value is -1.83. The van der Waals surface area contributed by atoms with E-state index in [0.717, 1.165) is 0 Å². The lowest BCUT2D eigenvalue weighted by Gasteiger charge is -2.16. The van der Waals surface area contributed by atoms with Gasteiger partial charge in [0, 0.05) is 19.5 Å². The first-order valence-corrected chi connectivity index (χ1v) is 9.53. The van der Waals surface area contributed by atoms with Gasteiger partial charge in [-0.1, -0.05) is 0 Å². The minimum absolute atomic E-state index is 0.0136. The zero-order valence-electron chi connectivity index (χ0n) is 12.7. The molecule has 2 amide bonds. The second-order valence-electron chi connectivity index (χ2n) is 6.27. The number of carbonyl (C=O) groups is 2. The maximum atomic E-state index is 12.2. The fourth-order valence-electron chi connectivity index (χ4n) is 3.11. The quantitative estimate of drug-likeness (QED) is 0.825. The van der Waals surface area contributed by atoms with Crippen molar-refractivity contribution >= 4 is 21.7 Å². The Kier molecular flexibility index (Phi) is 4.43. The molecule has 2 unspecified atom stereocenters. The molecule has 3 rings (SSSR count). The highest BCUT2D eigenvalue weighted by atomic mass is 32.2. The van der Waals surface area contributed by atoms with Crippen molar-refractivity contribution in [2.45, 2.75) is 19.4 Å². The van der Waals surface area contributed by atoms with E-state index in [1.807, 2.05) is 0 Å². The molecule has 0 bridgehead atoms. The second-order valence-corrected chi connectivity index (χ2v) is 8.50. The van der Waals surface area contributed by atoms with Gasteiger partial charge in [0.25, 0.3) is 0 Å². The summed E-state index contributed by atoms with van der Waals surface area (Å²) in [6.07, 6.45) is 2.34. The van der Waals surface area contributed by atoms with Crippen molar-refractivity contribution in [1.29, 1.82) is 0 Å². The molecule has 0 aliphatic carbocycles. The van der Waals surface area contributed by atoms with Crippen LogP contribution >= 0.6 is 0 Å². The van der Waals surface area contributed by atoms with Gasteiger partial charge in [0.2, 0.25) is 11.8 Å². The Morgan fingerprint density at radius 2 is 2.26 bits per heavy atom. The number of likely N-dealkylation sites (tertiary alicyclic amines) is 1. The van der Waals surface area contributed by atoms with Crippen molar-refractivity contribution in [3.63, 3.8) is 0 Å². The van der Waals surface area contributed by atoms with Crippen molar-refractivity contribution < 1.29 is 22.4 Å². The molecule has 0 aromatic carbocycles. The van der Waals surface area contributed by atoms with E-state index in [1.165, 1.54) is 0 Å². The molecule has 2 saturated heterocycles. The molecular weight excluding hydrogens is 320 g/mol. The fourth-order valence-corrected chi connectivity index (χ4v) is 4.98. The molecule has 3 heterocycles. The average molecular weight is 340 g/mol. The Morgan fingerprint density at radius 3 is 2.91 bits per heavy atom. The molecule has 1 N–H and O–H groups in total. The summed E-state index contributed by atoms with van der Waals surface area (Å²) >= 11 is 0. The maximum absolute atomic E-state index is 12.2. The molecule has 126 valence electrons. The Labute approximate surface area is 134 Å². The summed E-state index contributed by atoms with van der Waals surface area (Å²) in [4.78, 5) is 25.8. The van der Waals surface area contributed by atoms with E-state index >= 15 is 0 Å².